The van der Waals surface area contributed by atoms with Gasteiger partial charge in [-0.1, -0.05) is 51.8 Å². The first kappa shape index (κ1) is 16.4. The van der Waals surface area contributed by atoms with Crippen LogP contribution in [-0.4, -0.2) is 12.4 Å². The number of hydrogen-bond acceptors (Lipinski definition) is 2. The first-order valence-corrected chi connectivity index (χ1v) is 7.86. The molecule has 1 rings (SSSR count). The summed E-state index contributed by atoms with van der Waals surface area (Å²) in [5.41, 5.74) is 2.70. The molecule has 1 atom stereocenters. The first-order chi connectivity index (χ1) is 8.88. The van der Waals surface area contributed by atoms with E-state index in [1.807, 2.05) is 0 Å². The maximum Gasteiger partial charge on any atom is 0.123 e. The number of benzene rings is 1. The van der Waals surface area contributed by atoms with Crippen LogP contribution in [0.5, 0.6) is 5.75 Å². The summed E-state index contributed by atoms with van der Waals surface area (Å²) in [4.78, 5) is 0. The lowest BCUT2D eigenvalue weighted by atomic mass is 9.85. The van der Waals surface area contributed by atoms with E-state index in [9.17, 15) is 0 Å². The molecule has 0 aliphatic rings. The first-order valence-electron chi connectivity index (χ1n) is 7.23. The fraction of sp³-hybridized carbons (Fsp3) is 0.647. The SMILES string of the molecule is CCCC(CS)COc1ccc(C)cc1C(C)(C)C. The van der Waals surface area contributed by atoms with Gasteiger partial charge in [0.25, 0.3) is 0 Å². The van der Waals surface area contributed by atoms with Crippen molar-refractivity contribution in [3.8, 4) is 5.75 Å². The Labute approximate surface area is 124 Å². The minimum Gasteiger partial charge on any atom is -0.493 e. The summed E-state index contributed by atoms with van der Waals surface area (Å²) in [6.07, 6.45) is 2.37. The molecule has 0 fully saturated rings. The van der Waals surface area contributed by atoms with Gasteiger partial charge >= 0.3 is 0 Å². The van der Waals surface area contributed by atoms with Crippen LogP contribution in [0.15, 0.2) is 18.2 Å². The van der Waals surface area contributed by atoms with Crippen LogP contribution in [0.1, 0.15) is 51.7 Å². The molecule has 0 saturated heterocycles. The Bertz CT molecular complexity index is 393. The van der Waals surface area contributed by atoms with Crippen LogP contribution in [0.4, 0.5) is 0 Å². The van der Waals surface area contributed by atoms with E-state index < -0.39 is 0 Å². The van der Waals surface area contributed by atoms with E-state index >= 15 is 0 Å². The molecule has 19 heavy (non-hydrogen) atoms. The molecule has 0 heterocycles. The van der Waals surface area contributed by atoms with Crippen LogP contribution in [0.2, 0.25) is 0 Å². The highest BCUT2D eigenvalue weighted by molar-refractivity contribution is 7.80. The van der Waals surface area contributed by atoms with Crippen molar-refractivity contribution in [2.75, 3.05) is 12.4 Å². The zero-order chi connectivity index (χ0) is 14.5. The highest BCUT2D eigenvalue weighted by Crippen LogP contribution is 2.32. The molecule has 0 saturated carbocycles. The molecule has 2 heteroatoms. The largest absolute Gasteiger partial charge is 0.493 e. The molecule has 0 aromatic heterocycles. The summed E-state index contributed by atoms with van der Waals surface area (Å²) < 4.78 is 6.08. The maximum absolute atomic E-state index is 6.08. The number of thiol groups is 1. The van der Waals surface area contributed by atoms with Crippen molar-refractivity contribution in [3.63, 3.8) is 0 Å². The summed E-state index contributed by atoms with van der Waals surface area (Å²) in [6, 6.07) is 6.47. The van der Waals surface area contributed by atoms with E-state index in [0.717, 1.165) is 18.1 Å². The predicted molar refractivity (Wildman–Crippen MR) is 87.6 cm³/mol. The van der Waals surface area contributed by atoms with Crippen molar-refractivity contribution in [1.29, 1.82) is 0 Å². The Hall–Kier alpha value is -0.630. The summed E-state index contributed by atoms with van der Waals surface area (Å²) in [6.45, 7) is 11.8. The number of ether oxygens (including phenoxy) is 1. The average Bonchev–Trinajstić information content (AvgIpc) is 2.34. The van der Waals surface area contributed by atoms with Crippen LogP contribution >= 0.6 is 12.6 Å². The van der Waals surface area contributed by atoms with Gasteiger partial charge in [-0.15, -0.1) is 0 Å². The summed E-state index contributed by atoms with van der Waals surface area (Å²) in [5, 5.41) is 0. The van der Waals surface area contributed by atoms with Gasteiger partial charge in [-0.05, 0) is 36.1 Å². The fourth-order valence-corrected chi connectivity index (χ4v) is 2.49. The normalized spacial score (nSPS) is 13.4. The van der Waals surface area contributed by atoms with Crippen LogP contribution < -0.4 is 4.74 Å². The molecule has 0 amide bonds. The predicted octanol–water partition coefficient (Wildman–Crippen LogP) is 5.02. The lowest BCUT2D eigenvalue weighted by Gasteiger charge is -2.24. The zero-order valence-electron chi connectivity index (χ0n) is 13.0. The number of rotatable bonds is 6. The van der Waals surface area contributed by atoms with Gasteiger partial charge in [-0.25, -0.2) is 0 Å². The van der Waals surface area contributed by atoms with E-state index in [2.05, 4.69) is 65.4 Å². The summed E-state index contributed by atoms with van der Waals surface area (Å²) in [7, 11) is 0. The molecule has 0 aliphatic heterocycles. The van der Waals surface area contributed by atoms with Gasteiger partial charge in [0.2, 0.25) is 0 Å². The van der Waals surface area contributed by atoms with Gasteiger partial charge in [-0.2, -0.15) is 12.6 Å². The van der Waals surface area contributed by atoms with Gasteiger partial charge in [0.15, 0.2) is 0 Å². The van der Waals surface area contributed by atoms with E-state index in [4.69, 9.17) is 4.74 Å². The van der Waals surface area contributed by atoms with Crippen molar-refractivity contribution in [1.82, 2.24) is 0 Å². The third kappa shape index (κ3) is 5.10. The Morgan fingerprint density at radius 2 is 1.95 bits per heavy atom. The monoisotopic (exact) mass is 280 g/mol. The van der Waals surface area contributed by atoms with Crippen molar-refractivity contribution in [2.45, 2.75) is 52.9 Å². The maximum atomic E-state index is 6.08. The fourth-order valence-electron chi connectivity index (χ4n) is 2.20. The van der Waals surface area contributed by atoms with E-state index in [1.54, 1.807) is 0 Å². The number of aryl methyl sites for hydroxylation is 1. The smallest absolute Gasteiger partial charge is 0.123 e. The molecule has 1 aromatic carbocycles. The highest BCUT2D eigenvalue weighted by Gasteiger charge is 2.19. The molecule has 0 bridgehead atoms. The second kappa shape index (κ2) is 7.23. The Balaban J connectivity index is 2.83. The lowest BCUT2D eigenvalue weighted by molar-refractivity contribution is 0.249. The molecule has 108 valence electrons. The van der Waals surface area contributed by atoms with Crippen LogP contribution in [-0.2, 0) is 5.41 Å². The molecule has 0 radical (unpaired) electrons. The third-order valence-electron chi connectivity index (χ3n) is 3.37. The minimum atomic E-state index is 0.114. The zero-order valence-corrected chi connectivity index (χ0v) is 13.9. The van der Waals surface area contributed by atoms with Crippen LogP contribution in [0.3, 0.4) is 0 Å². The quantitative estimate of drug-likeness (QED) is 0.720. The second-order valence-electron chi connectivity index (χ2n) is 6.40. The molecule has 1 nitrogen and oxygen atoms in total. The molecule has 1 unspecified atom stereocenters. The average molecular weight is 280 g/mol. The highest BCUT2D eigenvalue weighted by atomic mass is 32.1. The Morgan fingerprint density at radius 3 is 2.47 bits per heavy atom. The van der Waals surface area contributed by atoms with E-state index in [0.29, 0.717) is 5.92 Å². The van der Waals surface area contributed by atoms with Gasteiger partial charge in [-0.3, -0.25) is 0 Å². The van der Waals surface area contributed by atoms with Gasteiger partial charge in [0, 0.05) is 5.92 Å². The van der Waals surface area contributed by atoms with E-state index in [-0.39, 0.29) is 5.41 Å². The molecular weight excluding hydrogens is 252 g/mol. The van der Waals surface area contributed by atoms with Crippen LogP contribution in [0.25, 0.3) is 0 Å². The van der Waals surface area contributed by atoms with Gasteiger partial charge in [0.1, 0.15) is 5.75 Å². The Morgan fingerprint density at radius 1 is 1.26 bits per heavy atom. The molecular formula is C17H28OS. The van der Waals surface area contributed by atoms with Crippen molar-refractivity contribution >= 4 is 12.6 Å². The summed E-state index contributed by atoms with van der Waals surface area (Å²) >= 11 is 4.42. The van der Waals surface area contributed by atoms with Crippen molar-refractivity contribution in [3.05, 3.63) is 29.3 Å². The molecule has 0 spiro atoms. The molecule has 0 N–H and O–H groups in total. The van der Waals surface area contributed by atoms with Crippen molar-refractivity contribution in [2.24, 2.45) is 5.92 Å². The summed E-state index contributed by atoms with van der Waals surface area (Å²) in [5.74, 6) is 2.47. The van der Waals surface area contributed by atoms with Crippen molar-refractivity contribution < 1.29 is 4.74 Å². The topological polar surface area (TPSA) is 9.23 Å². The van der Waals surface area contributed by atoms with E-state index in [1.165, 1.54) is 24.0 Å². The molecule has 1 aromatic rings. The number of hydrogen-bond donors (Lipinski definition) is 1. The van der Waals surface area contributed by atoms with Gasteiger partial charge in [0.05, 0.1) is 6.61 Å². The molecule has 0 aliphatic carbocycles. The third-order valence-corrected chi connectivity index (χ3v) is 3.89. The lowest BCUT2D eigenvalue weighted by Crippen LogP contribution is -2.18. The van der Waals surface area contributed by atoms with Gasteiger partial charge < -0.3 is 4.74 Å². The minimum absolute atomic E-state index is 0.114. The standard InChI is InChI=1S/C17H28OS/c1-6-7-14(12-19)11-18-16-9-8-13(2)10-15(16)17(3,4)5/h8-10,14,19H,6-7,11-12H2,1-5H3. The van der Waals surface area contributed by atoms with Crippen LogP contribution in [0, 0.1) is 12.8 Å². The Kier molecular flexibility index (Phi) is 6.25. The second-order valence-corrected chi connectivity index (χ2v) is 6.76.